The standard InChI is InChI=1S/C12H26N2O2S/c1-4-17(15,16)10-12(3)13-11(2)9-14-7-5-6-8-14/h11-13H,4-10H2,1-3H3. The highest BCUT2D eigenvalue weighted by molar-refractivity contribution is 7.91. The highest BCUT2D eigenvalue weighted by Gasteiger charge is 2.18. The zero-order valence-electron chi connectivity index (χ0n) is 11.3. The van der Waals surface area contributed by atoms with Crippen molar-refractivity contribution in [3.63, 3.8) is 0 Å². The average molecular weight is 262 g/mol. The molecule has 0 spiro atoms. The van der Waals surface area contributed by atoms with Gasteiger partial charge in [0.2, 0.25) is 0 Å². The van der Waals surface area contributed by atoms with Gasteiger partial charge in [0.15, 0.2) is 9.84 Å². The van der Waals surface area contributed by atoms with Crippen LogP contribution in [0, 0.1) is 0 Å². The number of likely N-dealkylation sites (tertiary alicyclic amines) is 1. The van der Waals surface area contributed by atoms with E-state index >= 15 is 0 Å². The normalized spacial score (nSPS) is 21.6. The van der Waals surface area contributed by atoms with E-state index < -0.39 is 9.84 Å². The van der Waals surface area contributed by atoms with Gasteiger partial charge in [0, 0.05) is 24.4 Å². The van der Waals surface area contributed by atoms with Crippen LogP contribution in [0.4, 0.5) is 0 Å². The molecule has 0 amide bonds. The van der Waals surface area contributed by atoms with Crippen LogP contribution in [0.3, 0.4) is 0 Å². The SMILES string of the molecule is CCS(=O)(=O)CC(C)NC(C)CN1CCCC1. The molecule has 17 heavy (non-hydrogen) atoms. The third kappa shape index (κ3) is 5.84. The van der Waals surface area contributed by atoms with Gasteiger partial charge in [0.1, 0.15) is 0 Å². The van der Waals surface area contributed by atoms with Crippen molar-refractivity contribution in [3.05, 3.63) is 0 Å². The topological polar surface area (TPSA) is 49.4 Å². The van der Waals surface area contributed by atoms with Gasteiger partial charge in [-0.2, -0.15) is 0 Å². The molecule has 1 aliphatic heterocycles. The predicted octanol–water partition coefficient (Wildman–Crippen LogP) is 0.884. The van der Waals surface area contributed by atoms with Crippen molar-refractivity contribution in [2.24, 2.45) is 0 Å². The van der Waals surface area contributed by atoms with Crippen LogP contribution in [0.15, 0.2) is 0 Å². The minimum atomic E-state index is -2.87. The summed E-state index contributed by atoms with van der Waals surface area (Å²) in [5.74, 6) is 0.480. The zero-order chi connectivity index (χ0) is 12.9. The van der Waals surface area contributed by atoms with Crippen LogP contribution < -0.4 is 5.32 Å². The van der Waals surface area contributed by atoms with Crippen molar-refractivity contribution in [3.8, 4) is 0 Å². The maximum Gasteiger partial charge on any atom is 0.151 e. The number of hydrogen-bond donors (Lipinski definition) is 1. The molecule has 1 heterocycles. The Balaban J connectivity index is 2.27. The van der Waals surface area contributed by atoms with E-state index in [-0.39, 0.29) is 17.5 Å². The molecule has 5 heteroatoms. The molecule has 2 unspecified atom stereocenters. The third-order valence-electron chi connectivity index (χ3n) is 3.24. The first kappa shape index (κ1) is 14.9. The molecular weight excluding hydrogens is 236 g/mol. The van der Waals surface area contributed by atoms with E-state index in [1.54, 1.807) is 6.92 Å². The van der Waals surface area contributed by atoms with E-state index in [1.807, 2.05) is 6.92 Å². The van der Waals surface area contributed by atoms with Crippen molar-refractivity contribution in [2.45, 2.75) is 45.7 Å². The van der Waals surface area contributed by atoms with E-state index in [0.717, 1.165) is 6.54 Å². The van der Waals surface area contributed by atoms with Gasteiger partial charge in [0.25, 0.3) is 0 Å². The summed E-state index contributed by atoms with van der Waals surface area (Å²) in [5.41, 5.74) is 0. The first-order valence-electron chi connectivity index (χ1n) is 6.62. The van der Waals surface area contributed by atoms with Crippen LogP contribution in [-0.4, -0.2) is 56.5 Å². The summed E-state index contributed by atoms with van der Waals surface area (Å²) in [4.78, 5) is 2.44. The molecule has 0 aliphatic carbocycles. The van der Waals surface area contributed by atoms with Crippen LogP contribution in [-0.2, 0) is 9.84 Å². The van der Waals surface area contributed by atoms with Crippen LogP contribution >= 0.6 is 0 Å². The van der Waals surface area contributed by atoms with Crippen molar-refractivity contribution < 1.29 is 8.42 Å². The van der Waals surface area contributed by atoms with Gasteiger partial charge in [-0.05, 0) is 39.8 Å². The molecule has 1 saturated heterocycles. The number of nitrogens with one attached hydrogen (secondary N) is 1. The molecule has 0 radical (unpaired) electrons. The van der Waals surface area contributed by atoms with E-state index in [4.69, 9.17) is 0 Å². The number of sulfone groups is 1. The van der Waals surface area contributed by atoms with Crippen LogP contribution in [0.2, 0.25) is 0 Å². The van der Waals surface area contributed by atoms with Gasteiger partial charge in [-0.25, -0.2) is 8.42 Å². The molecule has 0 aromatic heterocycles. The van der Waals surface area contributed by atoms with Gasteiger partial charge in [-0.15, -0.1) is 0 Å². The maximum atomic E-state index is 11.5. The van der Waals surface area contributed by atoms with E-state index in [2.05, 4.69) is 17.1 Å². The van der Waals surface area contributed by atoms with Crippen molar-refractivity contribution in [1.82, 2.24) is 10.2 Å². The average Bonchev–Trinajstić information content (AvgIpc) is 2.69. The van der Waals surface area contributed by atoms with Crippen LogP contribution in [0.25, 0.3) is 0 Å². The molecule has 0 saturated carbocycles. The smallest absolute Gasteiger partial charge is 0.151 e. The van der Waals surface area contributed by atoms with Crippen molar-refractivity contribution in [2.75, 3.05) is 31.1 Å². The minimum Gasteiger partial charge on any atom is -0.309 e. The Hall–Kier alpha value is -0.130. The van der Waals surface area contributed by atoms with Crippen molar-refractivity contribution >= 4 is 9.84 Å². The third-order valence-corrected chi connectivity index (χ3v) is 5.13. The first-order chi connectivity index (χ1) is 7.93. The van der Waals surface area contributed by atoms with Gasteiger partial charge in [-0.1, -0.05) is 6.92 Å². The molecule has 0 aromatic carbocycles. The number of hydrogen-bond acceptors (Lipinski definition) is 4. The lowest BCUT2D eigenvalue weighted by atomic mass is 10.2. The van der Waals surface area contributed by atoms with Crippen molar-refractivity contribution in [1.29, 1.82) is 0 Å². The summed E-state index contributed by atoms with van der Waals surface area (Å²) in [5, 5.41) is 3.38. The quantitative estimate of drug-likeness (QED) is 0.740. The maximum absolute atomic E-state index is 11.5. The Morgan fingerprint density at radius 2 is 1.76 bits per heavy atom. The molecule has 4 nitrogen and oxygen atoms in total. The molecule has 1 aliphatic rings. The van der Waals surface area contributed by atoms with E-state index in [0.29, 0.717) is 6.04 Å². The Kier molecular flexibility index (Phi) is 5.89. The zero-order valence-corrected chi connectivity index (χ0v) is 12.1. The lowest BCUT2D eigenvalue weighted by Crippen LogP contribution is -2.44. The summed E-state index contributed by atoms with van der Waals surface area (Å²) < 4.78 is 23.0. The van der Waals surface area contributed by atoms with Gasteiger partial charge in [0.05, 0.1) is 5.75 Å². The Morgan fingerprint density at radius 3 is 2.29 bits per heavy atom. The largest absolute Gasteiger partial charge is 0.309 e. The summed E-state index contributed by atoms with van der Waals surface area (Å²) in [6.45, 7) is 9.19. The second kappa shape index (κ2) is 6.71. The lowest BCUT2D eigenvalue weighted by molar-refractivity contribution is 0.291. The monoisotopic (exact) mass is 262 g/mol. The summed E-state index contributed by atoms with van der Waals surface area (Å²) in [6, 6.07) is 0.396. The van der Waals surface area contributed by atoms with Gasteiger partial charge in [-0.3, -0.25) is 0 Å². The van der Waals surface area contributed by atoms with Crippen LogP contribution in [0.1, 0.15) is 33.6 Å². The Labute approximate surface area is 106 Å². The fourth-order valence-corrected chi connectivity index (χ4v) is 3.53. The summed E-state index contributed by atoms with van der Waals surface area (Å²) >= 11 is 0. The first-order valence-corrected chi connectivity index (χ1v) is 8.44. The molecule has 1 N–H and O–H groups in total. The Bertz CT molecular complexity index is 310. The molecule has 0 bridgehead atoms. The molecule has 1 fully saturated rings. The number of rotatable bonds is 7. The fourth-order valence-electron chi connectivity index (χ4n) is 2.44. The fraction of sp³-hybridized carbons (Fsp3) is 1.00. The van der Waals surface area contributed by atoms with E-state index in [9.17, 15) is 8.42 Å². The highest BCUT2D eigenvalue weighted by Crippen LogP contribution is 2.07. The molecule has 1 rings (SSSR count). The molecule has 2 atom stereocenters. The molecule has 102 valence electrons. The van der Waals surface area contributed by atoms with E-state index in [1.165, 1.54) is 25.9 Å². The lowest BCUT2D eigenvalue weighted by Gasteiger charge is -2.24. The summed E-state index contributed by atoms with van der Waals surface area (Å²) in [7, 11) is -2.87. The predicted molar refractivity (Wildman–Crippen MR) is 72.1 cm³/mol. The second-order valence-corrected chi connectivity index (χ2v) is 7.57. The highest BCUT2D eigenvalue weighted by atomic mass is 32.2. The minimum absolute atomic E-state index is 0.0394. The van der Waals surface area contributed by atoms with Gasteiger partial charge < -0.3 is 10.2 Å². The second-order valence-electron chi connectivity index (χ2n) is 5.18. The van der Waals surface area contributed by atoms with Gasteiger partial charge >= 0.3 is 0 Å². The van der Waals surface area contributed by atoms with Crippen LogP contribution in [0.5, 0.6) is 0 Å². The summed E-state index contributed by atoms with van der Waals surface area (Å²) in [6.07, 6.45) is 2.60. The molecular formula is C12H26N2O2S. The Morgan fingerprint density at radius 1 is 1.18 bits per heavy atom. The molecule has 0 aromatic rings. The number of nitrogens with zero attached hydrogens (tertiary/aromatic N) is 1.